The number of hydrogen-bond acceptors (Lipinski definition) is 2. The van der Waals surface area contributed by atoms with Crippen molar-refractivity contribution in [1.29, 1.82) is 0 Å². The third-order valence-corrected chi connectivity index (χ3v) is 4.34. The fourth-order valence-corrected chi connectivity index (χ4v) is 3.28. The van der Waals surface area contributed by atoms with E-state index in [0.29, 0.717) is 13.2 Å². The largest absolute Gasteiger partial charge is 0.490 e. The zero-order valence-electron chi connectivity index (χ0n) is 14.0. The van der Waals surface area contributed by atoms with Crippen molar-refractivity contribution in [2.24, 2.45) is 0 Å². The van der Waals surface area contributed by atoms with Crippen LogP contribution in [0.25, 0.3) is 32.3 Å². The van der Waals surface area contributed by atoms with Crippen molar-refractivity contribution in [3.8, 4) is 11.5 Å². The van der Waals surface area contributed by atoms with Gasteiger partial charge < -0.3 is 9.47 Å². The fraction of sp³-hybridized carbons (Fsp3) is 0.182. The van der Waals surface area contributed by atoms with Gasteiger partial charge in [0.05, 0.1) is 13.2 Å². The van der Waals surface area contributed by atoms with Gasteiger partial charge in [0.15, 0.2) is 11.5 Å². The van der Waals surface area contributed by atoms with E-state index in [2.05, 4.69) is 54.6 Å². The van der Waals surface area contributed by atoms with Crippen molar-refractivity contribution in [3.63, 3.8) is 0 Å². The van der Waals surface area contributed by atoms with Crippen LogP contribution in [0.2, 0.25) is 0 Å². The molecule has 0 bridgehead atoms. The third kappa shape index (κ3) is 2.44. The van der Waals surface area contributed by atoms with Gasteiger partial charge in [-0.3, -0.25) is 0 Å². The Bertz CT molecular complexity index is 1030. The molecule has 4 aromatic carbocycles. The lowest BCUT2D eigenvalue weighted by Gasteiger charge is -2.14. The van der Waals surface area contributed by atoms with E-state index in [1.54, 1.807) is 0 Å². The summed E-state index contributed by atoms with van der Waals surface area (Å²) in [5.41, 5.74) is 0. The van der Waals surface area contributed by atoms with Gasteiger partial charge in [-0.15, -0.1) is 0 Å². The Kier molecular flexibility index (Phi) is 3.73. The summed E-state index contributed by atoms with van der Waals surface area (Å²) in [6.07, 6.45) is 0. The minimum Gasteiger partial charge on any atom is -0.490 e. The Hall–Kier alpha value is -2.74. The fourth-order valence-electron chi connectivity index (χ4n) is 3.28. The Balaban J connectivity index is 2.03. The first-order chi connectivity index (χ1) is 11.8. The first kappa shape index (κ1) is 14.8. The minimum atomic E-state index is 0.620. The molecular formula is C22H20O2. The second kappa shape index (κ2) is 6.04. The lowest BCUT2D eigenvalue weighted by molar-refractivity contribution is 0.291. The summed E-state index contributed by atoms with van der Waals surface area (Å²) < 4.78 is 11.7. The van der Waals surface area contributed by atoms with E-state index in [0.717, 1.165) is 16.9 Å². The minimum absolute atomic E-state index is 0.620. The quantitative estimate of drug-likeness (QED) is 0.433. The average molecular weight is 316 g/mol. The van der Waals surface area contributed by atoms with Gasteiger partial charge >= 0.3 is 0 Å². The van der Waals surface area contributed by atoms with Gasteiger partial charge in [-0.25, -0.2) is 0 Å². The van der Waals surface area contributed by atoms with Crippen LogP contribution in [0.3, 0.4) is 0 Å². The van der Waals surface area contributed by atoms with Gasteiger partial charge in [-0.05, 0) is 71.1 Å². The summed E-state index contributed by atoms with van der Waals surface area (Å²) in [6.45, 7) is 5.24. The van der Waals surface area contributed by atoms with Crippen LogP contribution in [0.15, 0.2) is 60.7 Å². The molecule has 0 saturated heterocycles. The van der Waals surface area contributed by atoms with Crippen LogP contribution in [0.5, 0.6) is 11.5 Å². The molecule has 0 heterocycles. The van der Waals surface area contributed by atoms with Gasteiger partial charge in [-0.1, -0.05) is 30.3 Å². The maximum atomic E-state index is 5.91. The third-order valence-electron chi connectivity index (χ3n) is 4.34. The van der Waals surface area contributed by atoms with Crippen molar-refractivity contribution in [2.75, 3.05) is 13.2 Å². The van der Waals surface area contributed by atoms with Crippen LogP contribution in [0.1, 0.15) is 13.8 Å². The van der Waals surface area contributed by atoms with Gasteiger partial charge in [0.2, 0.25) is 0 Å². The standard InChI is InChI=1S/C22H20O2/c1-3-23-21-10-9-17-13-18-11-15-7-5-6-8-16(15)12-19(18)14-20(17)22(21)24-4-2/h5-14H,3-4H2,1-2H3. The van der Waals surface area contributed by atoms with E-state index in [9.17, 15) is 0 Å². The van der Waals surface area contributed by atoms with Crippen molar-refractivity contribution in [1.82, 2.24) is 0 Å². The highest BCUT2D eigenvalue weighted by Crippen LogP contribution is 2.38. The number of fused-ring (bicyclic) bond motifs is 3. The maximum absolute atomic E-state index is 5.91. The SMILES string of the molecule is CCOc1ccc2cc3cc4ccccc4cc3cc2c1OCC. The van der Waals surface area contributed by atoms with E-state index in [1.165, 1.54) is 26.9 Å². The summed E-state index contributed by atoms with van der Waals surface area (Å²) in [5.74, 6) is 1.65. The van der Waals surface area contributed by atoms with Gasteiger partial charge in [0.1, 0.15) is 0 Å². The summed E-state index contributed by atoms with van der Waals surface area (Å²) in [5, 5.41) is 7.25. The summed E-state index contributed by atoms with van der Waals surface area (Å²) in [4.78, 5) is 0. The molecule has 0 saturated carbocycles. The predicted octanol–water partition coefficient (Wildman–Crippen LogP) is 5.94. The second-order valence-corrected chi connectivity index (χ2v) is 5.88. The smallest absolute Gasteiger partial charge is 0.168 e. The van der Waals surface area contributed by atoms with Gasteiger partial charge in [0.25, 0.3) is 0 Å². The maximum Gasteiger partial charge on any atom is 0.168 e. The summed E-state index contributed by atoms with van der Waals surface area (Å²) >= 11 is 0. The van der Waals surface area contributed by atoms with Crippen molar-refractivity contribution < 1.29 is 9.47 Å². The number of ether oxygens (including phenoxy) is 2. The molecule has 2 heteroatoms. The van der Waals surface area contributed by atoms with Crippen LogP contribution >= 0.6 is 0 Å². The molecule has 24 heavy (non-hydrogen) atoms. The van der Waals surface area contributed by atoms with E-state index in [-0.39, 0.29) is 0 Å². The second-order valence-electron chi connectivity index (χ2n) is 5.88. The molecule has 0 aliphatic rings. The molecular weight excluding hydrogens is 296 g/mol. The van der Waals surface area contributed by atoms with Crippen LogP contribution in [-0.4, -0.2) is 13.2 Å². The average Bonchev–Trinajstić information content (AvgIpc) is 2.60. The highest BCUT2D eigenvalue weighted by molar-refractivity contribution is 6.06. The molecule has 0 unspecified atom stereocenters. The summed E-state index contributed by atoms with van der Waals surface area (Å²) in [6, 6.07) is 21.5. The van der Waals surface area contributed by atoms with Crippen molar-refractivity contribution in [3.05, 3.63) is 60.7 Å². The van der Waals surface area contributed by atoms with E-state index < -0.39 is 0 Å². The normalized spacial score (nSPS) is 11.2. The number of hydrogen-bond donors (Lipinski definition) is 0. The molecule has 2 nitrogen and oxygen atoms in total. The molecule has 0 aromatic heterocycles. The van der Waals surface area contributed by atoms with Gasteiger partial charge in [0, 0.05) is 5.39 Å². The number of benzene rings is 4. The van der Waals surface area contributed by atoms with Gasteiger partial charge in [-0.2, -0.15) is 0 Å². The first-order valence-corrected chi connectivity index (χ1v) is 8.45. The zero-order valence-corrected chi connectivity index (χ0v) is 14.0. The Labute approximate surface area is 141 Å². The molecule has 0 radical (unpaired) electrons. The van der Waals surface area contributed by atoms with Crippen LogP contribution in [0.4, 0.5) is 0 Å². The first-order valence-electron chi connectivity index (χ1n) is 8.45. The molecule has 0 spiro atoms. The van der Waals surface area contributed by atoms with E-state index in [4.69, 9.17) is 9.47 Å². The van der Waals surface area contributed by atoms with Crippen LogP contribution < -0.4 is 9.47 Å². The van der Waals surface area contributed by atoms with Crippen molar-refractivity contribution in [2.45, 2.75) is 13.8 Å². The molecule has 0 amide bonds. The molecule has 0 atom stereocenters. The highest BCUT2D eigenvalue weighted by atomic mass is 16.5. The topological polar surface area (TPSA) is 18.5 Å². The lowest BCUT2D eigenvalue weighted by atomic mass is 9.99. The zero-order chi connectivity index (χ0) is 16.5. The highest BCUT2D eigenvalue weighted by Gasteiger charge is 2.11. The number of rotatable bonds is 4. The lowest BCUT2D eigenvalue weighted by Crippen LogP contribution is -1.99. The predicted molar refractivity (Wildman–Crippen MR) is 101 cm³/mol. The molecule has 120 valence electrons. The molecule has 0 N–H and O–H groups in total. The van der Waals surface area contributed by atoms with Crippen molar-refractivity contribution >= 4 is 32.3 Å². The van der Waals surface area contributed by atoms with E-state index in [1.807, 2.05) is 19.9 Å². The molecule has 4 rings (SSSR count). The van der Waals surface area contributed by atoms with Crippen LogP contribution in [0, 0.1) is 0 Å². The molecule has 0 aliphatic heterocycles. The Morgan fingerprint density at radius 3 is 1.92 bits per heavy atom. The molecule has 4 aromatic rings. The summed E-state index contributed by atoms with van der Waals surface area (Å²) in [7, 11) is 0. The Morgan fingerprint density at radius 1 is 0.625 bits per heavy atom. The molecule has 0 aliphatic carbocycles. The van der Waals surface area contributed by atoms with Crippen LogP contribution in [-0.2, 0) is 0 Å². The molecule has 0 fully saturated rings. The van der Waals surface area contributed by atoms with E-state index >= 15 is 0 Å². The monoisotopic (exact) mass is 316 g/mol. The Morgan fingerprint density at radius 2 is 1.25 bits per heavy atom.